The lowest BCUT2D eigenvalue weighted by Gasteiger charge is -2.25. The van der Waals surface area contributed by atoms with Crippen LogP contribution in [-0.4, -0.2) is 48.2 Å². The Morgan fingerprint density at radius 2 is 0.565 bits per heavy atom. The summed E-state index contributed by atoms with van der Waals surface area (Å²) >= 11 is 9.81. The minimum Gasteiger partial charge on any atom is -0.395 e. The normalized spacial score (nSPS) is 13.8. The predicted molar refractivity (Wildman–Crippen MR) is 452 cm³/mol. The van der Waals surface area contributed by atoms with Crippen LogP contribution in [0.15, 0.2) is 352 Å². The molecule has 8 nitrogen and oxygen atoms in total. The van der Waals surface area contributed by atoms with Gasteiger partial charge in [-0.2, -0.15) is 9.97 Å². The molecule has 14 aromatic carbocycles. The average Bonchev–Trinajstić information content (AvgIpc) is 1.60. The molecule has 0 amide bonds. The summed E-state index contributed by atoms with van der Waals surface area (Å²) in [6.07, 6.45) is 0. The number of aromatic nitrogens is 6. The van der Waals surface area contributed by atoms with E-state index in [0.717, 1.165) is 72.2 Å². The van der Waals surface area contributed by atoms with Crippen LogP contribution in [0.2, 0.25) is 5.28 Å². The van der Waals surface area contributed by atoms with Gasteiger partial charge in [0, 0.05) is 75.1 Å². The zero-order chi connectivity index (χ0) is 73.1. The molecule has 1 aliphatic rings. The van der Waals surface area contributed by atoms with Gasteiger partial charge < -0.3 is 9.31 Å². The van der Waals surface area contributed by atoms with E-state index < -0.39 is 18.3 Å². The van der Waals surface area contributed by atoms with Gasteiger partial charge in [-0.3, -0.25) is 0 Å². The van der Waals surface area contributed by atoms with Gasteiger partial charge in [-0.15, -0.1) is 22.7 Å². The number of fused-ring (bicyclic) bond motifs is 6. The molecule has 1 fully saturated rings. The predicted octanol–water partition coefficient (Wildman–Crippen LogP) is 25.3. The van der Waals surface area contributed by atoms with E-state index in [1.54, 1.807) is 0 Å². The Labute approximate surface area is 641 Å². The smallest absolute Gasteiger partial charge is 0.395 e. The third-order valence-electron chi connectivity index (χ3n) is 19.9. The summed E-state index contributed by atoms with van der Waals surface area (Å²) in [5, 5.41) is 5.36. The molecule has 0 aliphatic carbocycles. The molecule has 0 saturated carbocycles. The van der Waals surface area contributed by atoms with E-state index in [1.807, 2.05) is 134 Å². The number of thiophene rings is 2. The Balaban J connectivity index is 0.000000126. The van der Waals surface area contributed by atoms with Crippen LogP contribution < -0.4 is 5.46 Å². The van der Waals surface area contributed by atoms with Crippen LogP contribution in [0.5, 0.6) is 0 Å². The quantitative estimate of drug-likeness (QED) is 0.0882. The lowest BCUT2D eigenvalue weighted by Crippen LogP contribution is -2.42. The van der Waals surface area contributed by atoms with Gasteiger partial charge >= 0.3 is 7.12 Å². The van der Waals surface area contributed by atoms with Gasteiger partial charge in [-0.1, -0.05) is 315 Å². The first-order chi connectivity index (χ1) is 52.9. The molecule has 1 saturated heterocycles. The Bertz CT molecular complexity index is 6230. The van der Waals surface area contributed by atoms with E-state index in [4.69, 9.17) is 35.9 Å². The van der Waals surface area contributed by atoms with Crippen LogP contribution >= 0.6 is 34.3 Å². The van der Waals surface area contributed by atoms with E-state index in [1.165, 1.54) is 68.2 Å². The van der Waals surface area contributed by atoms with Crippen LogP contribution in [0.25, 0.3) is 164 Å². The maximum absolute atomic E-state index is 6.39. The standard InChI is InChI=1S/C45H29N3S.C30H26BO2S.C21H14ClN3/c1-4-13-30(14-5-1)32-23-25-34(26-24-32)44-46-43(33-17-8-3-9-18-33)47-45(48-44)37-28-35(31-15-6-2-7-16-31)27-36(29-37)38-20-12-21-40-39-19-10-11-22-41(39)49-42(38)40;1-29(2)30(3,4)33-31(32-29)23-18-21(20-11-6-5-7-12-20)17-22(19-23)24-14-10-15-26-25-13-8-9-16-27(25)34-28(24)26;22-21-24-19(17-9-5-2-6-10-17)23-20(25-21)18-13-11-16(12-14-18)15-7-3-1-4-8-15/h1-29H;5-19H,1H2,2-4H3;1-14H/q;+1;. The molecule has 516 valence electrons. The highest BCUT2D eigenvalue weighted by Crippen LogP contribution is 2.45. The van der Waals surface area contributed by atoms with Gasteiger partial charge in [0.2, 0.25) is 10.9 Å². The molecule has 1 unspecified atom stereocenters. The van der Waals surface area contributed by atoms with Crippen molar-refractivity contribution >= 4 is 87.2 Å². The van der Waals surface area contributed by atoms with E-state index in [-0.39, 0.29) is 5.28 Å². The van der Waals surface area contributed by atoms with Crippen LogP contribution in [0.3, 0.4) is 0 Å². The fourth-order valence-corrected chi connectivity index (χ4v) is 16.4. The fraction of sp³-hybridized carbons (Fsp3) is 0.0521. The van der Waals surface area contributed by atoms with Gasteiger partial charge in [0.15, 0.2) is 29.1 Å². The van der Waals surface area contributed by atoms with Crippen LogP contribution in [0.1, 0.15) is 20.8 Å². The second-order valence-corrected chi connectivity index (χ2v) is 29.9. The Morgan fingerprint density at radius 3 is 0.972 bits per heavy atom. The van der Waals surface area contributed by atoms with Crippen molar-refractivity contribution in [2.75, 3.05) is 0 Å². The van der Waals surface area contributed by atoms with Crippen molar-refractivity contribution in [2.24, 2.45) is 0 Å². The number of nitrogens with zero attached hydrogens (tertiary/aromatic N) is 6. The topological polar surface area (TPSA) is 95.8 Å². The first kappa shape index (κ1) is 68.8. The van der Waals surface area contributed by atoms with Crippen molar-refractivity contribution in [2.45, 2.75) is 32.0 Å². The number of rotatable bonds is 12. The molecule has 12 heteroatoms. The van der Waals surface area contributed by atoms with E-state index >= 15 is 0 Å². The molecule has 0 bridgehead atoms. The van der Waals surface area contributed by atoms with Crippen molar-refractivity contribution < 1.29 is 9.31 Å². The number of halogens is 1. The summed E-state index contributed by atoms with van der Waals surface area (Å²) in [6, 6.07) is 122. The van der Waals surface area contributed by atoms with Gasteiger partial charge in [0.1, 0.15) is 5.60 Å². The molecular formula is C96H69BClN6O2S2+. The van der Waals surface area contributed by atoms with Crippen molar-refractivity contribution in [1.82, 2.24) is 29.9 Å². The second-order valence-electron chi connectivity index (χ2n) is 27.4. The van der Waals surface area contributed by atoms with Gasteiger partial charge in [-0.05, 0) is 134 Å². The van der Waals surface area contributed by atoms with Gasteiger partial charge in [-0.25, -0.2) is 19.9 Å². The molecule has 1 atom stereocenters. The molecule has 0 N–H and O–H groups in total. The summed E-state index contributed by atoms with van der Waals surface area (Å²) in [5.74, 6) is 3.06. The lowest BCUT2D eigenvalue weighted by molar-refractivity contribution is 0.0262. The van der Waals surface area contributed by atoms with Crippen LogP contribution in [0, 0.1) is 6.92 Å². The maximum atomic E-state index is 6.39. The minimum absolute atomic E-state index is 0.191. The van der Waals surface area contributed by atoms with E-state index in [2.05, 4.69) is 283 Å². The zero-order valence-electron chi connectivity index (χ0n) is 59.5. The molecule has 19 rings (SSSR count). The van der Waals surface area contributed by atoms with Crippen LogP contribution in [0.4, 0.5) is 0 Å². The number of hydrogen-bond acceptors (Lipinski definition) is 10. The summed E-state index contributed by atoms with van der Waals surface area (Å²) in [4.78, 5) is 28.4. The molecule has 108 heavy (non-hydrogen) atoms. The fourth-order valence-electron chi connectivity index (χ4n) is 13.8. The maximum Gasteiger partial charge on any atom is 0.498 e. The van der Waals surface area contributed by atoms with Crippen molar-refractivity contribution in [1.29, 1.82) is 0 Å². The highest BCUT2D eigenvalue weighted by molar-refractivity contribution is 7.26. The summed E-state index contributed by atoms with van der Waals surface area (Å²) in [7, 11) is -0.471. The average molecular weight is 1450 g/mol. The Hall–Kier alpha value is -12.3. The molecule has 0 radical (unpaired) electrons. The van der Waals surface area contributed by atoms with Crippen molar-refractivity contribution in [3.63, 3.8) is 0 Å². The highest BCUT2D eigenvalue weighted by Gasteiger charge is 2.57. The second kappa shape index (κ2) is 29.9. The molecule has 5 heterocycles. The first-order valence-corrected chi connectivity index (χ1v) is 37.9. The lowest BCUT2D eigenvalue weighted by atomic mass is 9.76. The van der Waals surface area contributed by atoms with Crippen LogP contribution in [-0.2, 0) is 9.31 Å². The van der Waals surface area contributed by atoms with E-state index in [0.29, 0.717) is 29.1 Å². The Kier molecular flexibility index (Phi) is 19.0. The first-order valence-electron chi connectivity index (χ1n) is 35.9. The van der Waals surface area contributed by atoms with Gasteiger partial charge in [0.05, 0.1) is 6.92 Å². The van der Waals surface area contributed by atoms with Crippen molar-refractivity contribution in [3.8, 4) is 124 Å². The summed E-state index contributed by atoms with van der Waals surface area (Å²) in [5.41, 5.74) is 18.5. The highest BCUT2D eigenvalue weighted by atomic mass is 35.5. The molecule has 1 aliphatic heterocycles. The third-order valence-corrected chi connectivity index (χ3v) is 22.5. The monoisotopic (exact) mass is 1450 g/mol. The molecular weight excluding hydrogens is 1380 g/mol. The Morgan fingerprint density at radius 1 is 0.278 bits per heavy atom. The summed E-state index contributed by atoms with van der Waals surface area (Å²) < 4.78 is 17.9. The SMILES string of the molecule is Clc1nc(-c2ccccc2)nc(-c2ccc(-c3ccccc3)cc2)n1.[CH2+]C1(C)OB(c2cc(-c3ccccc3)cc(-c3cccc4c3sc3ccccc34)c2)OC1(C)C.c1ccc(-c2ccc(-c3nc(-c4ccccc4)nc(-c4cc(-c5ccccc5)cc(-c5cccc6c5sc5ccccc56)c4)n3)cc2)cc1. The molecule has 18 aromatic rings. The number of hydrogen-bond donors (Lipinski definition) is 0. The van der Waals surface area contributed by atoms with Gasteiger partial charge in [0.25, 0.3) is 0 Å². The molecule has 0 spiro atoms. The minimum atomic E-state index is -0.633. The largest absolute Gasteiger partial charge is 0.498 e. The summed E-state index contributed by atoms with van der Waals surface area (Å²) in [6.45, 7) is 10.4. The van der Waals surface area contributed by atoms with Crippen molar-refractivity contribution in [3.05, 3.63) is 364 Å². The third kappa shape index (κ3) is 14.4. The van der Waals surface area contributed by atoms with E-state index in [9.17, 15) is 0 Å². The molecule has 4 aromatic heterocycles. The number of benzene rings is 14. The zero-order valence-corrected chi connectivity index (χ0v) is 61.9.